The van der Waals surface area contributed by atoms with E-state index in [9.17, 15) is 23.1 Å². The lowest BCUT2D eigenvalue weighted by Gasteiger charge is -2.05. The lowest BCUT2D eigenvalue weighted by molar-refractivity contribution is -0.192. The zero-order valence-electron chi connectivity index (χ0n) is 17.6. The molecule has 0 saturated heterocycles. The Morgan fingerprint density at radius 1 is 0.939 bits per heavy atom. The molecule has 172 valence electrons. The number of hydrogen-bond acceptors (Lipinski definition) is 5. The summed E-state index contributed by atoms with van der Waals surface area (Å²) in [7, 11) is 0. The van der Waals surface area contributed by atoms with Gasteiger partial charge in [-0.25, -0.2) is 19.6 Å². The van der Waals surface area contributed by atoms with Crippen LogP contribution in [0.2, 0.25) is 0 Å². The number of carbonyl (C=O) groups is 2. The van der Waals surface area contributed by atoms with Crippen molar-refractivity contribution in [3.8, 4) is 22.6 Å². The third-order valence-electron chi connectivity index (χ3n) is 4.67. The fraction of sp³-hybridized carbons (Fsp3) is 0.182. The molecular weight excluding hydrogens is 443 g/mol. The van der Waals surface area contributed by atoms with Gasteiger partial charge in [-0.15, -0.1) is 0 Å². The number of aromatic nitrogens is 3. The van der Waals surface area contributed by atoms with Crippen LogP contribution >= 0.6 is 0 Å². The number of fused-ring (bicyclic) bond motifs is 1. The van der Waals surface area contributed by atoms with Crippen molar-refractivity contribution in [2.75, 3.05) is 0 Å². The van der Waals surface area contributed by atoms with Crippen LogP contribution in [0.25, 0.3) is 33.6 Å². The molecule has 0 spiro atoms. The fourth-order valence-electron chi connectivity index (χ4n) is 2.97. The maximum Gasteiger partial charge on any atom is 0.490 e. The van der Waals surface area contributed by atoms with E-state index in [0.717, 1.165) is 28.1 Å². The maximum atomic E-state index is 11.6. The van der Waals surface area contributed by atoms with Gasteiger partial charge in [0, 0.05) is 5.56 Å². The summed E-state index contributed by atoms with van der Waals surface area (Å²) < 4.78 is 37.4. The minimum atomic E-state index is -5.08. The normalized spacial score (nSPS) is 11.2. The molecule has 2 aromatic carbocycles. The number of benzene rings is 2. The van der Waals surface area contributed by atoms with Gasteiger partial charge in [0.2, 0.25) is 5.89 Å². The number of aryl methyl sites for hydroxylation is 3. The van der Waals surface area contributed by atoms with Crippen LogP contribution in [0.5, 0.6) is 0 Å². The van der Waals surface area contributed by atoms with E-state index in [1.165, 1.54) is 0 Å². The van der Waals surface area contributed by atoms with E-state index >= 15 is 0 Å². The van der Waals surface area contributed by atoms with Crippen molar-refractivity contribution >= 4 is 23.0 Å². The number of rotatable bonds is 3. The number of H-pyrrole nitrogens is 1. The van der Waals surface area contributed by atoms with Crippen molar-refractivity contribution in [2.45, 2.75) is 26.9 Å². The van der Waals surface area contributed by atoms with Crippen molar-refractivity contribution in [3.05, 3.63) is 59.2 Å². The molecular formula is C22H18F3N3O5. The first-order valence-electron chi connectivity index (χ1n) is 9.45. The highest BCUT2D eigenvalue weighted by Gasteiger charge is 2.38. The molecule has 0 aliphatic heterocycles. The number of aromatic amines is 1. The van der Waals surface area contributed by atoms with E-state index in [1.807, 2.05) is 44.2 Å². The van der Waals surface area contributed by atoms with Crippen molar-refractivity contribution in [2.24, 2.45) is 0 Å². The first-order chi connectivity index (χ1) is 15.4. The second-order valence-corrected chi connectivity index (χ2v) is 7.09. The van der Waals surface area contributed by atoms with Gasteiger partial charge in [0.25, 0.3) is 0 Å². The van der Waals surface area contributed by atoms with Gasteiger partial charge in [0.15, 0.2) is 0 Å². The summed E-state index contributed by atoms with van der Waals surface area (Å²) in [6.07, 6.45) is -5.08. The monoisotopic (exact) mass is 461 g/mol. The fourth-order valence-corrected chi connectivity index (χ4v) is 2.97. The molecule has 0 fully saturated rings. The minimum Gasteiger partial charge on any atom is -0.478 e. The van der Waals surface area contributed by atoms with Gasteiger partial charge in [-0.1, -0.05) is 12.1 Å². The highest BCUT2D eigenvalue weighted by Crippen LogP contribution is 2.29. The summed E-state index contributed by atoms with van der Waals surface area (Å²) in [6, 6.07) is 11.3. The molecule has 0 radical (unpaired) electrons. The van der Waals surface area contributed by atoms with E-state index in [1.54, 1.807) is 13.0 Å². The van der Waals surface area contributed by atoms with Gasteiger partial charge < -0.3 is 19.6 Å². The van der Waals surface area contributed by atoms with Crippen LogP contribution in [0.4, 0.5) is 13.2 Å². The molecule has 0 amide bonds. The number of aromatic carboxylic acids is 1. The van der Waals surface area contributed by atoms with Crippen LogP contribution in [0, 0.1) is 20.8 Å². The van der Waals surface area contributed by atoms with Crippen molar-refractivity contribution in [3.63, 3.8) is 0 Å². The Hall–Kier alpha value is -4.15. The number of alkyl halides is 3. The molecule has 0 aliphatic carbocycles. The van der Waals surface area contributed by atoms with E-state index in [0.29, 0.717) is 22.7 Å². The zero-order valence-corrected chi connectivity index (χ0v) is 17.6. The molecule has 0 unspecified atom stereocenters. The van der Waals surface area contributed by atoms with E-state index in [-0.39, 0.29) is 5.56 Å². The van der Waals surface area contributed by atoms with Crippen molar-refractivity contribution in [1.82, 2.24) is 15.0 Å². The van der Waals surface area contributed by atoms with Gasteiger partial charge in [-0.05, 0) is 56.2 Å². The first-order valence-corrected chi connectivity index (χ1v) is 9.45. The Labute approximate surface area is 184 Å². The third kappa shape index (κ3) is 5.20. The molecule has 0 atom stereocenters. The van der Waals surface area contributed by atoms with E-state index < -0.39 is 18.1 Å². The summed E-state index contributed by atoms with van der Waals surface area (Å²) in [5.74, 6) is -1.68. The Balaban J connectivity index is 0.000000383. The predicted molar refractivity (Wildman–Crippen MR) is 112 cm³/mol. The molecule has 11 heteroatoms. The van der Waals surface area contributed by atoms with Gasteiger partial charge in [-0.2, -0.15) is 13.2 Å². The molecule has 4 rings (SSSR count). The number of nitrogens with zero attached hydrogens (tertiary/aromatic N) is 2. The van der Waals surface area contributed by atoms with Gasteiger partial charge in [0.1, 0.15) is 17.1 Å². The molecule has 3 N–H and O–H groups in total. The Morgan fingerprint density at radius 3 is 2.00 bits per heavy atom. The number of aliphatic carboxylic acids is 1. The number of halogens is 3. The number of oxazole rings is 1. The number of carboxylic acid groups (broad SMARTS) is 2. The highest BCUT2D eigenvalue weighted by atomic mass is 19.4. The largest absolute Gasteiger partial charge is 0.490 e. The van der Waals surface area contributed by atoms with Crippen LogP contribution in [0.3, 0.4) is 0 Å². The second-order valence-electron chi connectivity index (χ2n) is 7.09. The maximum absolute atomic E-state index is 11.6. The topological polar surface area (TPSA) is 129 Å². The first kappa shape index (κ1) is 23.5. The van der Waals surface area contributed by atoms with Crippen LogP contribution in [0.15, 0.2) is 40.8 Å². The molecule has 4 aromatic rings. The number of carboxylic acids is 2. The standard InChI is InChI=1S/C20H17N3O3.C2HF3O2/c1-10-11(2)26-19(21-10)14-6-4-13(5-7-14)15-8-16(20(24)25)18-17(9-15)22-12(3)23-18;3-2(4,5)1(6)7/h4-9H,1-3H3,(H,22,23)(H,24,25);(H,6,7). The minimum absolute atomic E-state index is 0.185. The molecule has 8 nitrogen and oxygen atoms in total. The Kier molecular flexibility index (Phi) is 6.25. The van der Waals surface area contributed by atoms with Crippen LogP contribution in [-0.4, -0.2) is 43.3 Å². The van der Waals surface area contributed by atoms with Crippen LogP contribution in [0.1, 0.15) is 27.6 Å². The number of hydrogen-bond donors (Lipinski definition) is 3. The number of nitrogens with one attached hydrogen (secondary N) is 1. The van der Waals surface area contributed by atoms with Crippen molar-refractivity contribution in [1.29, 1.82) is 0 Å². The Bertz CT molecular complexity index is 1320. The average Bonchev–Trinajstić information content (AvgIpc) is 3.27. The third-order valence-corrected chi connectivity index (χ3v) is 4.67. The lowest BCUT2D eigenvalue weighted by atomic mass is 10.0. The lowest BCUT2D eigenvalue weighted by Crippen LogP contribution is -2.21. The summed E-state index contributed by atoms with van der Waals surface area (Å²) in [5.41, 5.74) is 4.83. The smallest absolute Gasteiger partial charge is 0.478 e. The second kappa shape index (κ2) is 8.77. The molecule has 33 heavy (non-hydrogen) atoms. The summed E-state index contributed by atoms with van der Waals surface area (Å²) >= 11 is 0. The van der Waals surface area contributed by atoms with E-state index in [4.69, 9.17) is 14.3 Å². The van der Waals surface area contributed by atoms with Gasteiger partial charge in [0.05, 0.1) is 16.8 Å². The molecule has 2 heterocycles. The van der Waals surface area contributed by atoms with Crippen LogP contribution in [-0.2, 0) is 4.79 Å². The van der Waals surface area contributed by atoms with Crippen molar-refractivity contribution < 1.29 is 37.4 Å². The highest BCUT2D eigenvalue weighted by molar-refractivity contribution is 6.03. The number of imidazole rings is 1. The molecule has 0 bridgehead atoms. The molecule has 0 saturated carbocycles. The average molecular weight is 461 g/mol. The van der Waals surface area contributed by atoms with Gasteiger partial charge in [-0.3, -0.25) is 0 Å². The summed E-state index contributed by atoms with van der Waals surface area (Å²) in [5, 5.41) is 16.6. The molecule has 2 aromatic heterocycles. The van der Waals surface area contributed by atoms with Crippen LogP contribution < -0.4 is 0 Å². The van der Waals surface area contributed by atoms with Gasteiger partial charge >= 0.3 is 18.1 Å². The van der Waals surface area contributed by atoms with E-state index in [2.05, 4.69) is 15.0 Å². The Morgan fingerprint density at radius 2 is 1.52 bits per heavy atom. The quantitative estimate of drug-likeness (QED) is 0.385. The SMILES string of the molecule is Cc1nc2c(C(=O)O)cc(-c3ccc(-c4nc(C)c(C)o4)cc3)cc2[nH]1.O=C(O)C(F)(F)F. The summed E-state index contributed by atoms with van der Waals surface area (Å²) in [6.45, 7) is 5.60. The molecule has 0 aliphatic rings. The zero-order chi connectivity index (χ0) is 24.5. The summed E-state index contributed by atoms with van der Waals surface area (Å²) in [4.78, 5) is 32.3. The predicted octanol–water partition coefficient (Wildman–Crippen LogP) is 5.14.